The second-order valence-corrected chi connectivity index (χ2v) is 15.8. The van der Waals surface area contributed by atoms with Gasteiger partial charge >= 0.3 is 0 Å². The highest BCUT2D eigenvalue weighted by atomic mass is 16.5. The Morgan fingerprint density at radius 3 is 1.00 bits per heavy atom. The molecule has 0 unspecified atom stereocenters. The molecule has 278 valence electrons. The maximum Gasteiger partial charge on any atom is 0.0839 e. The van der Waals surface area contributed by atoms with Gasteiger partial charge in [0, 0.05) is 25.0 Å². The highest BCUT2D eigenvalue weighted by Crippen LogP contribution is 2.28. The first kappa shape index (κ1) is 44.4. The molecule has 0 aliphatic carbocycles. The van der Waals surface area contributed by atoms with E-state index >= 15 is 0 Å². The van der Waals surface area contributed by atoms with E-state index in [4.69, 9.17) is 9.47 Å². The molecule has 1 saturated heterocycles. The Morgan fingerprint density at radius 2 is 0.681 bits per heavy atom. The van der Waals surface area contributed by atoms with Crippen LogP contribution in [0.2, 0.25) is 0 Å². The number of rotatable bonds is 36. The van der Waals surface area contributed by atoms with Gasteiger partial charge in [-0.1, -0.05) is 154 Å². The minimum Gasteiger partial charge on any atom is -0.381 e. The van der Waals surface area contributed by atoms with E-state index in [9.17, 15) is 0 Å². The molecular weight excluding hydrogens is 574 g/mol. The molecule has 1 fully saturated rings. The summed E-state index contributed by atoms with van der Waals surface area (Å²) in [6.07, 6.45) is 47.8. The molecule has 0 aromatic carbocycles. The van der Waals surface area contributed by atoms with Crippen LogP contribution in [-0.2, 0) is 9.47 Å². The fourth-order valence-corrected chi connectivity index (χ4v) is 7.39. The van der Waals surface area contributed by atoms with Crippen LogP contribution in [0, 0.1) is 11.8 Å². The lowest BCUT2D eigenvalue weighted by Crippen LogP contribution is -2.37. The van der Waals surface area contributed by atoms with E-state index in [1.807, 2.05) is 0 Å². The molecule has 3 heteroatoms. The summed E-state index contributed by atoms with van der Waals surface area (Å²) < 4.78 is 13.6. The van der Waals surface area contributed by atoms with Crippen LogP contribution in [0.3, 0.4) is 0 Å². The Kier molecular flexibility index (Phi) is 32.0. The van der Waals surface area contributed by atoms with Crippen molar-refractivity contribution in [3.8, 4) is 0 Å². The third kappa shape index (κ3) is 30.0. The van der Waals surface area contributed by atoms with Gasteiger partial charge in [0.25, 0.3) is 0 Å². The van der Waals surface area contributed by atoms with Crippen molar-refractivity contribution >= 4 is 0 Å². The number of hydrogen-bond donors (Lipinski definition) is 0. The van der Waals surface area contributed by atoms with Crippen molar-refractivity contribution < 1.29 is 14.0 Å². The molecule has 0 N–H and O–H groups in total. The molecule has 47 heavy (non-hydrogen) atoms. The largest absolute Gasteiger partial charge is 0.381 e. The molecule has 0 amide bonds. The molecule has 2 atom stereocenters. The zero-order valence-electron chi connectivity index (χ0n) is 32.8. The summed E-state index contributed by atoms with van der Waals surface area (Å²) in [7, 11) is 4.76. The smallest absolute Gasteiger partial charge is 0.0839 e. The second kappa shape index (κ2) is 33.8. The van der Waals surface area contributed by atoms with Crippen LogP contribution >= 0.6 is 0 Å². The van der Waals surface area contributed by atoms with Gasteiger partial charge in [0.15, 0.2) is 0 Å². The molecule has 1 heterocycles. The fraction of sp³-hybridized carbons (Fsp3) is 0.909. The van der Waals surface area contributed by atoms with Crippen molar-refractivity contribution in [1.82, 2.24) is 0 Å². The number of ether oxygens (including phenoxy) is 2. The van der Waals surface area contributed by atoms with E-state index in [0.717, 1.165) is 30.9 Å². The van der Waals surface area contributed by atoms with Crippen molar-refractivity contribution in [3.05, 3.63) is 24.3 Å². The van der Waals surface area contributed by atoms with Gasteiger partial charge < -0.3 is 14.0 Å². The van der Waals surface area contributed by atoms with Crippen LogP contribution in [0.25, 0.3) is 0 Å². The Bertz CT molecular complexity index is 630. The average Bonchev–Trinajstić information content (AvgIpc) is 3.36. The van der Waals surface area contributed by atoms with E-state index in [2.05, 4.69) is 52.2 Å². The Hall–Kier alpha value is -0.640. The van der Waals surface area contributed by atoms with Crippen molar-refractivity contribution in [3.63, 3.8) is 0 Å². The van der Waals surface area contributed by atoms with Crippen LogP contribution in [-0.4, -0.2) is 58.1 Å². The number of nitrogens with zero attached hydrogens (tertiary/aromatic N) is 1. The highest BCUT2D eigenvalue weighted by molar-refractivity contribution is 4.82. The Balaban J connectivity index is 1.91. The fourth-order valence-electron chi connectivity index (χ4n) is 7.39. The second-order valence-electron chi connectivity index (χ2n) is 15.8. The summed E-state index contributed by atoms with van der Waals surface area (Å²) in [4.78, 5) is 0. The summed E-state index contributed by atoms with van der Waals surface area (Å²) in [5.74, 6) is 1.30. The monoisotopic (exact) mass is 661 g/mol. The van der Waals surface area contributed by atoms with Crippen LogP contribution in [0.1, 0.15) is 194 Å². The van der Waals surface area contributed by atoms with E-state index in [0.29, 0.717) is 11.8 Å². The van der Waals surface area contributed by atoms with E-state index in [1.165, 1.54) is 193 Å². The minimum absolute atomic E-state index is 0.652. The molecule has 1 aliphatic rings. The SMILES string of the molecule is CCCCCCCC/C=C\CCCCCCCCOC[C@H]1C[N+](C)(C)C[C@@H]1COCCCCCCCC/C=C\CCCCCCCC. The number of likely N-dealkylation sites (tertiary alicyclic amines) is 1. The number of quaternary nitrogens is 1. The predicted molar refractivity (Wildman–Crippen MR) is 209 cm³/mol. The van der Waals surface area contributed by atoms with E-state index < -0.39 is 0 Å². The maximum absolute atomic E-state index is 6.22. The van der Waals surface area contributed by atoms with Gasteiger partial charge in [-0.2, -0.15) is 0 Å². The predicted octanol–water partition coefficient (Wildman–Crippen LogP) is 13.4. The zero-order chi connectivity index (χ0) is 33.9. The molecule has 0 saturated carbocycles. The maximum atomic E-state index is 6.22. The molecule has 3 nitrogen and oxygen atoms in total. The van der Waals surface area contributed by atoms with Crippen LogP contribution < -0.4 is 0 Å². The summed E-state index contributed by atoms with van der Waals surface area (Å²) in [5.41, 5.74) is 0. The van der Waals surface area contributed by atoms with Gasteiger partial charge in [0.1, 0.15) is 0 Å². The van der Waals surface area contributed by atoms with Gasteiger partial charge in [-0.3, -0.25) is 0 Å². The standard InChI is InChI=1S/C44H86NO2/c1-5-7-9-11-13-15-17-19-21-23-25-27-29-31-33-35-37-46-41-43-39-45(3,4)40-44(43)42-47-38-36-34-32-30-28-26-24-22-20-18-16-14-12-10-8-6-2/h19-22,43-44H,5-18,23-42H2,1-4H3/q+1/b21-19-,22-20-/t43-,44-/m1/s1. The first-order valence-corrected chi connectivity index (χ1v) is 21.4. The molecular formula is C44H86NO2+. The molecule has 0 aromatic rings. The summed E-state index contributed by atoms with van der Waals surface area (Å²) in [6, 6.07) is 0. The lowest BCUT2D eigenvalue weighted by molar-refractivity contribution is -0.880. The quantitative estimate of drug-likeness (QED) is 0.0378. The van der Waals surface area contributed by atoms with E-state index in [-0.39, 0.29) is 0 Å². The first-order chi connectivity index (χ1) is 23.1. The third-order valence-electron chi connectivity index (χ3n) is 10.4. The average molecular weight is 661 g/mol. The first-order valence-electron chi connectivity index (χ1n) is 21.4. The summed E-state index contributed by atoms with van der Waals surface area (Å²) in [6.45, 7) is 10.8. The Morgan fingerprint density at radius 1 is 0.404 bits per heavy atom. The number of hydrogen-bond acceptors (Lipinski definition) is 2. The normalized spacial score (nSPS) is 18.0. The van der Waals surface area contributed by atoms with Crippen molar-refractivity contribution in [2.75, 3.05) is 53.6 Å². The molecule has 0 radical (unpaired) electrons. The van der Waals surface area contributed by atoms with Crippen LogP contribution in [0.15, 0.2) is 24.3 Å². The van der Waals surface area contributed by atoms with Gasteiger partial charge in [-0.05, 0) is 64.2 Å². The molecule has 1 rings (SSSR count). The third-order valence-corrected chi connectivity index (χ3v) is 10.4. The van der Waals surface area contributed by atoms with Gasteiger partial charge in [0.2, 0.25) is 0 Å². The molecule has 0 aromatic heterocycles. The summed E-state index contributed by atoms with van der Waals surface area (Å²) >= 11 is 0. The van der Waals surface area contributed by atoms with Crippen LogP contribution in [0.4, 0.5) is 0 Å². The van der Waals surface area contributed by atoms with Crippen LogP contribution in [0.5, 0.6) is 0 Å². The lowest BCUT2D eigenvalue weighted by atomic mass is 9.98. The molecule has 0 bridgehead atoms. The minimum atomic E-state index is 0.652. The molecule has 0 spiro atoms. The van der Waals surface area contributed by atoms with Gasteiger partial charge in [-0.25, -0.2) is 0 Å². The number of unbranched alkanes of at least 4 members (excludes halogenated alkanes) is 24. The molecule has 1 aliphatic heterocycles. The van der Waals surface area contributed by atoms with Crippen molar-refractivity contribution in [2.45, 2.75) is 194 Å². The van der Waals surface area contributed by atoms with Crippen molar-refractivity contribution in [1.29, 1.82) is 0 Å². The van der Waals surface area contributed by atoms with Crippen molar-refractivity contribution in [2.24, 2.45) is 11.8 Å². The summed E-state index contributed by atoms with van der Waals surface area (Å²) in [5, 5.41) is 0. The highest BCUT2D eigenvalue weighted by Gasteiger charge is 2.40. The van der Waals surface area contributed by atoms with E-state index in [1.54, 1.807) is 0 Å². The van der Waals surface area contributed by atoms with Gasteiger partial charge in [0.05, 0.1) is 40.4 Å². The lowest BCUT2D eigenvalue weighted by Gasteiger charge is -2.23. The topological polar surface area (TPSA) is 18.5 Å². The number of allylic oxidation sites excluding steroid dienone is 4. The van der Waals surface area contributed by atoms with Gasteiger partial charge in [-0.15, -0.1) is 0 Å². The zero-order valence-corrected chi connectivity index (χ0v) is 32.8. The Labute approximate surface area is 296 Å².